The molecule has 0 spiro atoms. The van der Waals surface area contributed by atoms with Gasteiger partial charge in [-0.15, -0.1) is 0 Å². The average Bonchev–Trinajstić information content (AvgIpc) is 3.07. The van der Waals surface area contributed by atoms with Crippen LogP contribution in [0.25, 0.3) is 0 Å². The number of furan rings is 1. The lowest BCUT2D eigenvalue weighted by molar-refractivity contribution is -0.125. The zero-order valence-electron chi connectivity index (χ0n) is 13.4. The number of rotatable bonds is 6. The SMILES string of the molecule is C[C@@H](NC(=O)COC(=O)c1ccc(N(C)C)cc1)c1ccco1. The highest BCUT2D eigenvalue weighted by Crippen LogP contribution is 2.13. The smallest absolute Gasteiger partial charge is 0.338 e. The Bertz CT molecular complexity index is 648. The van der Waals surface area contributed by atoms with Crippen molar-refractivity contribution in [3.8, 4) is 0 Å². The molecule has 0 aliphatic carbocycles. The van der Waals surface area contributed by atoms with Crippen LogP contribution < -0.4 is 10.2 Å². The van der Waals surface area contributed by atoms with Crippen LogP contribution in [0.15, 0.2) is 47.1 Å². The van der Waals surface area contributed by atoms with Crippen LogP contribution in [0.1, 0.15) is 29.1 Å². The van der Waals surface area contributed by atoms with Gasteiger partial charge in [0.1, 0.15) is 5.76 Å². The molecule has 0 aliphatic heterocycles. The third-order valence-corrected chi connectivity index (χ3v) is 3.30. The zero-order valence-corrected chi connectivity index (χ0v) is 13.4. The Kier molecular flexibility index (Phi) is 5.41. The molecule has 1 atom stereocenters. The minimum absolute atomic E-state index is 0.282. The highest BCUT2D eigenvalue weighted by molar-refractivity contribution is 5.91. The normalized spacial score (nSPS) is 11.6. The number of hydrogen-bond acceptors (Lipinski definition) is 5. The van der Waals surface area contributed by atoms with Crippen molar-refractivity contribution in [2.24, 2.45) is 0 Å². The topological polar surface area (TPSA) is 71.8 Å². The number of carbonyl (C=O) groups is 2. The molecular formula is C17H20N2O4. The monoisotopic (exact) mass is 316 g/mol. The van der Waals surface area contributed by atoms with E-state index in [0.29, 0.717) is 11.3 Å². The van der Waals surface area contributed by atoms with Crippen LogP contribution >= 0.6 is 0 Å². The number of hydrogen-bond donors (Lipinski definition) is 1. The van der Waals surface area contributed by atoms with Crippen LogP contribution in [0.4, 0.5) is 5.69 Å². The molecule has 6 heteroatoms. The molecule has 0 bridgehead atoms. The lowest BCUT2D eigenvalue weighted by Crippen LogP contribution is -2.31. The first kappa shape index (κ1) is 16.6. The van der Waals surface area contributed by atoms with E-state index in [2.05, 4.69) is 5.32 Å². The van der Waals surface area contributed by atoms with Gasteiger partial charge in [0.05, 0.1) is 17.9 Å². The van der Waals surface area contributed by atoms with Gasteiger partial charge in [-0.2, -0.15) is 0 Å². The van der Waals surface area contributed by atoms with Crippen LogP contribution in [-0.2, 0) is 9.53 Å². The number of benzene rings is 1. The molecule has 0 saturated heterocycles. The Hall–Kier alpha value is -2.76. The Labute approximate surface area is 135 Å². The van der Waals surface area contributed by atoms with Gasteiger partial charge in [-0.3, -0.25) is 4.79 Å². The lowest BCUT2D eigenvalue weighted by atomic mass is 10.2. The molecule has 0 radical (unpaired) electrons. The molecule has 2 rings (SSSR count). The maximum atomic E-state index is 11.9. The third-order valence-electron chi connectivity index (χ3n) is 3.30. The average molecular weight is 316 g/mol. The number of nitrogens with zero attached hydrogens (tertiary/aromatic N) is 1. The van der Waals surface area contributed by atoms with Crippen molar-refractivity contribution in [3.63, 3.8) is 0 Å². The number of esters is 1. The minimum atomic E-state index is -0.531. The summed E-state index contributed by atoms with van der Waals surface area (Å²) in [5.74, 6) is -0.271. The molecule has 1 amide bonds. The van der Waals surface area contributed by atoms with E-state index < -0.39 is 5.97 Å². The summed E-state index contributed by atoms with van der Waals surface area (Å²) in [5.41, 5.74) is 1.38. The summed E-state index contributed by atoms with van der Waals surface area (Å²) in [6, 6.07) is 10.2. The summed E-state index contributed by atoms with van der Waals surface area (Å²) in [6.07, 6.45) is 1.54. The van der Waals surface area contributed by atoms with Gasteiger partial charge >= 0.3 is 5.97 Å². The Morgan fingerprint density at radius 2 is 1.91 bits per heavy atom. The fraction of sp³-hybridized carbons (Fsp3) is 0.294. The standard InChI is InChI=1S/C17H20N2O4/c1-12(15-5-4-10-22-15)18-16(20)11-23-17(21)13-6-8-14(9-7-13)19(2)3/h4-10,12H,11H2,1-3H3,(H,18,20)/t12-/m1/s1. The third kappa shape index (κ3) is 4.60. The number of carbonyl (C=O) groups excluding carboxylic acids is 2. The molecule has 0 saturated carbocycles. The fourth-order valence-corrected chi connectivity index (χ4v) is 2.00. The number of amides is 1. The van der Waals surface area contributed by atoms with Crippen molar-refractivity contribution in [2.45, 2.75) is 13.0 Å². The molecule has 0 unspecified atom stereocenters. The molecule has 1 heterocycles. The molecule has 1 aromatic carbocycles. The van der Waals surface area contributed by atoms with Gasteiger partial charge in [-0.25, -0.2) is 4.79 Å². The predicted octanol–water partition coefficient (Wildman–Crippen LogP) is 2.38. The molecule has 6 nitrogen and oxygen atoms in total. The van der Waals surface area contributed by atoms with Crippen LogP contribution in [0.2, 0.25) is 0 Å². The second-order valence-corrected chi connectivity index (χ2v) is 5.32. The molecule has 1 aromatic heterocycles. The largest absolute Gasteiger partial charge is 0.467 e. The van der Waals surface area contributed by atoms with Crippen LogP contribution in [-0.4, -0.2) is 32.6 Å². The van der Waals surface area contributed by atoms with E-state index in [1.807, 2.05) is 31.1 Å². The van der Waals surface area contributed by atoms with Crippen molar-refractivity contribution < 1.29 is 18.7 Å². The second kappa shape index (κ2) is 7.49. The molecule has 0 fully saturated rings. The molecule has 23 heavy (non-hydrogen) atoms. The van der Waals surface area contributed by atoms with Gasteiger partial charge < -0.3 is 19.4 Å². The van der Waals surface area contributed by atoms with Crippen LogP contribution in [0.3, 0.4) is 0 Å². The first-order chi connectivity index (χ1) is 11.0. The summed E-state index contributed by atoms with van der Waals surface area (Å²) in [5, 5.41) is 2.70. The summed E-state index contributed by atoms with van der Waals surface area (Å²) >= 11 is 0. The van der Waals surface area contributed by atoms with Gasteiger partial charge in [-0.05, 0) is 43.3 Å². The maximum absolute atomic E-state index is 11.9. The van der Waals surface area contributed by atoms with E-state index >= 15 is 0 Å². The van der Waals surface area contributed by atoms with Gasteiger partial charge in [0.15, 0.2) is 6.61 Å². The van der Waals surface area contributed by atoms with E-state index in [0.717, 1.165) is 5.69 Å². The van der Waals surface area contributed by atoms with Gasteiger partial charge in [-0.1, -0.05) is 0 Å². The summed E-state index contributed by atoms with van der Waals surface area (Å²) in [6.45, 7) is 1.46. The molecule has 1 N–H and O–H groups in total. The van der Waals surface area contributed by atoms with Crippen LogP contribution in [0, 0.1) is 0 Å². The van der Waals surface area contributed by atoms with E-state index in [-0.39, 0.29) is 18.6 Å². The highest BCUT2D eigenvalue weighted by atomic mass is 16.5. The quantitative estimate of drug-likeness (QED) is 0.829. The lowest BCUT2D eigenvalue weighted by Gasteiger charge is -2.13. The van der Waals surface area contributed by atoms with E-state index in [1.54, 1.807) is 31.2 Å². The predicted molar refractivity (Wildman–Crippen MR) is 86.3 cm³/mol. The number of ether oxygens (including phenoxy) is 1. The molecule has 122 valence electrons. The minimum Gasteiger partial charge on any atom is -0.467 e. The van der Waals surface area contributed by atoms with Crippen LogP contribution in [0.5, 0.6) is 0 Å². The fourth-order valence-electron chi connectivity index (χ4n) is 2.00. The number of anilines is 1. The molecule has 0 aliphatic rings. The Morgan fingerprint density at radius 3 is 2.48 bits per heavy atom. The van der Waals surface area contributed by atoms with Crippen molar-refractivity contribution in [2.75, 3.05) is 25.6 Å². The van der Waals surface area contributed by atoms with E-state index in [9.17, 15) is 9.59 Å². The molecule has 2 aromatic rings. The summed E-state index contributed by atoms with van der Waals surface area (Å²) in [7, 11) is 3.83. The second-order valence-electron chi connectivity index (χ2n) is 5.32. The van der Waals surface area contributed by atoms with Gasteiger partial charge in [0.2, 0.25) is 0 Å². The van der Waals surface area contributed by atoms with Crippen molar-refractivity contribution >= 4 is 17.6 Å². The first-order valence-corrected chi connectivity index (χ1v) is 7.24. The van der Waals surface area contributed by atoms with Crippen molar-refractivity contribution in [1.82, 2.24) is 5.32 Å². The van der Waals surface area contributed by atoms with Gasteiger partial charge in [0.25, 0.3) is 5.91 Å². The first-order valence-electron chi connectivity index (χ1n) is 7.24. The summed E-state index contributed by atoms with van der Waals surface area (Å²) < 4.78 is 10.2. The number of nitrogens with one attached hydrogen (secondary N) is 1. The van der Waals surface area contributed by atoms with Crippen molar-refractivity contribution in [1.29, 1.82) is 0 Å². The Morgan fingerprint density at radius 1 is 1.22 bits per heavy atom. The van der Waals surface area contributed by atoms with E-state index in [4.69, 9.17) is 9.15 Å². The van der Waals surface area contributed by atoms with E-state index in [1.165, 1.54) is 6.26 Å². The van der Waals surface area contributed by atoms with Gasteiger partial charge in [0, 0.05) is 19.8 Å². The van der Waals surface area contributed by atoms with Crippen molar-refractivity contribution in [3.05, 3.63) is 54.0 Å². The molecular weight excluding hydrogens is 296 g/mol. The summed E-state index contributed by atoms with van der Waals surface area (Å²) in [4.78, 5) is 25.6. The maximum Gasteiger partial charge on any atom is 0.338 e. The zero-order chi connectivity index (χ0) is 16.8. The Balaban J connectivity index is 1.82. The highest BCUT2D eigenvalue weighted by Gasteiger charge is 2.14.